The molecule has 0 saturated carbocycles. The quantitative estimate of drug-likeness (QED) is 0.687. The van der Waals surface area contributed by atoms with Crippen LogP contribution in [0, 0.1) is 0 Å². The van der Waals surface area contributed by atoms with Crippen molar-refractivity contribution in [3.63, 3.8) is 0 Å². The van der Waals surface area contributed by atoms with Gasteiger partial charge in [-0.05, 0) is 24.3 Å². The third kappa shape index (κ3) is 4.83. The molecule has 0 saturated heterocycles. The zero-order valence-corrected chi connectivity index (χ0v) is 11.4. The van der Waals surface area contributed by atoms with Gasteiger partial charge in [0.05, 0.1) is 0 Å². The van der Waals surface area contributed by atoms with Gasteiger partial charge in [0.2, 0.25) is 0 Å². The summed E-state index contributed by atoms with van der Waals surface area (Å²) in [5, 5.41) is 0. The van der Waals surface area contributed by atoms with E-state index in [0.29, 0.717) is 11.5 Å². The fraction of sp³-hybridized carbons (Fsp3) is 0. The standard InChI is InChI=1S/C12H11O3P.Rh/c13-16(14-11-7-3-1-4-8-11)15-12-9-5-2-6-10-12;/h1-10,13H;. The average Bonchev–Trinajstić information content (AvgIpc) is 2.31. The van der Waals surface area contributed by atoms with Crippen LogP contribution in [0.3, 0.4) is 0 Å². The van der Waals surface area contributed by atoms with Gasteiger partial charge in [0.15, 0.2) is 0 Å². The average molecular weight is 337 g/mol. The van der Waals surface area contributed by atoms with Crippen molar-refractivity contribution in [2.75, 3.05) is 0 Å². The van der Waals surface area contributed by atoms with Crippen LogP contribution in [0.1, 0.15) is 0 Å². The molecule has 0 bridgehead atoms. The fourth-order valence-corrected chi connectivity index (χ4v) is 1.80. The van der Waals surface area contributed by atoms with Gasteiger partial charge in [0, 0.05) is 19.5 Å². The second kappa shape index (κ2) is 7.39. The van der Waals surface area contributed by atoms with E-state index < -0.39 is 8.60 Å². The second-order valence-electron chi connectivity index (χ2n) is 3.05. The summed E-state index contributed by atoms with van der Waals surface area (Å²) in [7, 11) is -1.93. The van der Waals surface area contributed by atoms with Crippen LogP contribution in [-0.2, 0) is 19.5 Å². The van der Waals surface area contributed by atoms with Gasteiger partial charge in [0.1, 0.15) is 11.5 Å². The molecule has 0 aliphatic carbocycles. The topological polar surface area (TPSA) is 38.7 Å². The normalized spacial score (nSPS) is 9.53. The van der Waals surface area contributed by atoms with E-state index in [2.05, 4.69) is 0 Å². The van der Waals surface area contributed by atoms with Crippen molar-refractivity contribution in [2.45, 2.75) is 0 Å². The maximum Gasteiger partial charge on any atom is 0.460 e. The Bertz CT molecular complexity index is 383. The Kier molecular flexibility index (Phi) is 6.14. The molecule has 0 aliphatic heterocycles. The molecule has 0 aliphatic rings. The number of hydrogen-bond donors (Lipinski definition) is 1. The first-order chi connectivity index (χ1) is 7.84. The molecule has 1 N–H and O–H groups in total. The second-order valence-corrected chi connectivity index (χ2v) is 3.89. The minimum atomic E-state index is -1.93. The van der Waals surface area contributed by atoms with E-state index in [4.69, 9.17) is 9.05 Å². The van der Waals surface area contributed by atoms with Gasteiger partial charge >= 0.3 is 8.60 Å². The minimum Gasteiger partial charge on any atom is -0.418 e. The number of hydrogen-bond acceptors (Lipinski definition) is 3. The summed E-state index contributed by atoms with van der Waals surface area (Å²) in [6, 6.07) is 18.2. The summed E-state index contributed by atoms with van der Waals surface area (Å²) in [6.07, 6.45) is 0. The zero-order chi connectivity index (χ0) is 11.2. The maximum absolute atomic E-state index is 9.58. The van der Waals surface area contributed by atoms with E-state index >= 15 is 0 Å². The smallest absolute Gasteiger partial charge is 0.418 e. The molecule has 1 radical (unpaired) electrons. The Morgan fingerprint density at radius 1 is 0.706 bits per heavy atom. The first-order valence-corrected chi connectivity index (χ1v) is 5.93. The fourth-order valence-electron chi connectivity index (χ4n) is 1.16. The van der Waals surface area contributed by atoms with Crippen LogP contribution in [0.25, 0.3) is 0 Å². The van der Waals surface area contributed by atoms with E-state index in [9.17, 15) is 4.89 Å². The molecule has 5 heteroatoms. The van der Waals surface area contributed by atoms with Gasteiger partial charge in [-0.2, -0.15) is 0 Å². The molecule has 3 nitrogen and oxygen atoms in total. The van der Waals surface area contributed by atoms with Gasteiger partial charge in [0.25, 0.3) is 0 Å². The molecule has 2 aromatic carbocycles. The van der Waals surface area contributed by atoms with Gasteiger partial charge in [-0.3, -0.25) is 0 Å². The summed E-state index contributed by atoms with van der Waals surface area (Å²) < 4.78 is 10.4. The van der Waals surface area contributed by atoms with Crippen molar-refractivity contribution >= 4 is 8.60 Å². The molecule has 0 unspecified atom stereocenters. The Morgan fingerprint density at radius 3 is 1.41 bits per heavy atom. The van der Waals surface area contributed by atoms with Crippen LogP contribution in [0.15, 0.2) is 60.7 Å². The van der Waals surface area contributed by atoms with E-state index in [0.717, 1.165) is 0 Å². The maximum atomic E-state index is 9.58. The van der Waals surface area contributed by atoms with Crippen LogP contribution in [0.4, 0.5) is 0 Å². The minimum absolute atomic E-state index is 0. The van der Waals surface area contributed by atoms with Crippen LogP contribution in [0.5, 0.6) is 11.5 Å². The third-order valence-corrected chi connectivity index (χ3v) is 2.59. The van der Waals surface area contributed by atoms with Gasteiger partial charge in [-0.25, -0.2) is 0 Å². The van der Waals surface area contributed by atoms with Crippen LogP contribution in [0.2, 0.25) is 0 Å². The predicted octanol–water partition coefficient (Wildman–Crippen LogP) is 3.36. The van der Waals surface area contributed by atoms with E-state index in [1.165, 1.54) is 0 Å². The number of para-hydroxylation sites is 2. The molecular formula is C12H11O3PRh. The summed E-state index contributed by atoms with van der Waals surface area (Å²) in [4.78, 5) is 9.58. The van der Waals surface area contributed by atoms with Gasteiger partial charge in [-0.15, -0.1) is 0 Å². The zero-order valence-electron chi connectivity index (χ0n) is 8.82. The summed E-state index contributed by atoms with van der Waals surface area (Å²) >= 11 is 0. The van der Waals surface area contributed by atoms with Crippen molar-refractivity contribution in [3.05, 3.63) is 60.7 Å². The molecule has 0 fully saturated rings. The molecular weight excluding hydrogens is 326 g/mol. The largest absolute Gasteiger partial charge is 0.460 e. The van der Waals surface area contributed by atoms with Crippen molar-refractivity contribution < 1.29 is 33.4 Å². The number of rotatable bonds is 4. The van der Waals surface area contributed by atoms with Gasteiger partial charge in [-0.1, -0.05) is 36.4 Å². The van der Waals surface area contributed by atoms with Gasteiger partial charge < -0.3 is 13.9 Å². The first-order valence-electron chi connectivity index (χ1n) is 4.79. The van der Waals surface area contributed by atoms with E-state index in [-0.39, 0.29) is 19.5 Å². The van der Waals surface area contributed by atoms with Crippen LogP contribution >= 0.6 is 8.60 Å². The molecule has 2 aromatic rings. The number of benzene rings is 2. The molecule has 0 amide bonds. The predicted molar refractivity (Wildman–Crippen MR) is 63.3 cm³/mol. The Hall–Kier alpha value is -0.947. The Labute approximate surface area is 114 Å². The van der Waals surface area contributed by atoms with Crippen molar-refractivity contribution in [3.8, 4) is 11.5 Å². The van der Waals surface area contributed by atoms with Crippen molar-refractivity contribution in [2.24, 2.45) is 0 Å². The summed E-state index contributed by atoms with van der Waals surface area (Å²) in [6.45, 7) is 0. The van der Waals surface area contributed by atoms with Crippen LogP contribution in [-0.4, -0.2) is 4.89 Å². The van der Waals surface area contributed by atoms with Crippen molar-refractivity contribution in [1.82, 2.24) is 0 Å². The van der Waals surface area contributed by atoms with E-state index in [1.54, 1.807) is 24.3 Å². The van der Waals surface area contributed by atoms with Crippen LogP contribution < -0.4 is 9.05 Å². The monoisotopic (exact) mass is 337 g/mol. The molecule has 0 heterocycles. The Morgan fingerprint density at radius 2 is 1.06 bits per heavy atom. The summed E-state index contributed by atoms with van der Waals surface area (Å²) in [5.41, 5.74) is 0. The van der Waals surface area contributed by atoms with E-state index in [1.807, 2.05) is 36.4 Å². The SMILES string of the molecule is OP(Oc1ccccc1)Oc1ccccc1.[Rh]. The van der Waals surface area contributed by atoms with Crippen molar-refractivity contribution in [1.29, 1.82) is 0 Å². The molecule has 0 atom stereocenters. The Balaban J connectivity index is 0.00000144. The molecule has 0 aromatic heterocycles. The third-order valence-electron chi connectivity index (χ3n) is 1.85. The molecule has 91 valence electrons. The summed E-state index contributed by atoms with van der Waals surface area (Å²) in [5.74, 6) is 1.18. The molecule has 17 heavy (non-hydrogen) atoms. The molecule has 2 rings (SSSR count). The first kappa shape index (κ1) is 14.1. The molecule has 0 spiro atoms.